The van der Waals surface area contributed by atoms with Crippen LogP contribution in [0.3, 0.4) is 0 Å². The predicted octanol–water partition coefficient (Wildman–Crippen LogP) is 1.24. The molecule has 6 nitrogen and oxygen atoms in total. The first-order valence-electron chi connectivity index (χ1n) is 5.89. The molecule has 1 aliphatic carbocycles. The van der Waals surface area contributed by atoms with Gasteiger partial charge in [0.25, 0.3) is 0 Å². The van der Waals surface area contributed by atoms with Gasteiger partial charge in [0.2, 0.25) is 0 Å². The maximum atomic E-state index is 10.8. The molecule has 92 valence electrons. The van der Waals surface area contributed by atoms with Crippen molar-refractivity contribution in [2.24, 2.45) is 0 Å². The number of aromatic nitrogens is 4. The zero-order valence-electron chi connectivity index (χ0n) is 9.70. The van der Waals surface area contributed by atoms with Gasteiger partial charge in [0.05, 0.1) is 5.69 Å². The molecule has 2 aromatic heterocycles. The van der Waals surface area contributed by atoms with Gasteiger partial charge in [-0.15, -0.1) is 5.10 Å². The molecule has 18 heavy (non-hydrogen) atoms. The van der Waals surface area contributed by atoms with E-state index in [2.05, 4.69) is 15.3 Å². The molecular weight excluding hydrogens is 232 g/mol. The van der Waals surface area contributed by atoms with Gasteiger partial charge in [0.1, 0.15) is 0 Å². The van der Waals surface area contributed by atoms with Crippen molar-refractivity contribution in [3.63, 3.8) is 0 Å². The normalized spacial score (nSPS) is 14.2. The summed E-state index contributed by atoms with van der Waals surface area (Å²) >= 11 is 0. The van der Waals surface area contributed by atoms with E-state index in [9.17, 15) is 4.79 Å². The fourth-order valence-electron chi connectivity index (χ4n) is 2.16. The molecule has 0 atom stereocenters. The average molecular weight is 244 g/mol. The summed E-state index contributed by atoms with van der Waals surface area (Å²) in [7, 11) is 0. The minimum Gasteiger partial charge on any atom is -0.476 e. The van der Waals surface area contributed by atoms with E-state index < -0.39 is 5.97 Å². The number of fused-ring (bicyclic) bond motifs is 1. The highest BCUT2D eigenvalue weighted by atomic mass is 16.4. The summed E-state index contributed by atoms with van der Waals surface area (Å²) in [5, 5.41) is 21.1. The van der Waals surface area contributed by atoms with E-state index in [1.165, 1.54) is 16.3 Å². The van der Waals surface area contributed by atoms with Crippen LogP contribution in [-0.4, -0.2) is 31.1 Å². The van der Waals surface area contributed by atoms with E-state index in [0.717, 1.165) is 31.4 Å². The Bertz CT molecular complexity index is 606. The lowest BCUT2D eigenvalue weighted by atomic mass is 9.97. The first-order valence-corrected chi connectivity index (χ1v) is 5.89. The van der Waals surface area contributed by atoms with Crippen LogP contribution in [0.5, 0.6) is 0 Å². The van der Waals surface area contributed by atoms with Crippen LogP contribution >= 0.6 is 0 Å². The van der Waals surface area contributed by atoms with Gasteiger partial charge in [-0.2, -0.15) is 10.2 Å². The molecule has 1 N–H and O–H groups in total. The lowest BCUT2D eigenvalue weighted by molar-refractivity contribution is 0.0690. The summed E-state index contributed by atoms with van der Waals surface area (Å²) in [5.41, 5.74) is 2.25. The molecule has 0 saturated carbocycles. The van der Waals surface area contributed by atoms with Crippen molar-refractivity contribution in [1.29, 1.82) is 0 Å². The molecular formula is C12H12N4O2. The van der Waals surface area contributed by atoms with Crippen LogP contribution in [0.15, 0.2) is 18.3 Å². The van der Waals surface area contributed by atoms with E-state index in [4.69, 9.17) is 5.11 Å². The summed E-state index contributed by atoms with van der Waals surface area (Å²) < 4.78 is 1.45. The molecule has 0 radical (unpaired) electrons. The third kappa shape index (κ3) is 1.85. The molecule has 0 fully saturated rings. The van der Waals surface area contributed by atoms with Gasteiger partial charge in [-0.3, -0.25) is 0 Å². The topological polar surface area (TPSA) is 80.9 Å². The van der Waals surface area contributed by atoms with Gasteiger partial charge >= 0.3 is 5.97 Å². The molecule has 2 heterocycles. The smallest absolute Gasteiger partial charge is 0.356 e. The van der Waals surface area contributed by atoms with Crippen molar-refractivity contribution in [2.75, 3.05) is 0 Å². The van der Waals surface area contributed by atoms with Crippen LogP contribution in [0, 0.1) is 0 Å². The van der Waals surface area contributed by atoms with E-state index in [-0.39, 0.29) is 5.69 Å². The molecule has 0 aliphatic heterocycles. The monoisotopic (exact) mass is 244 g/mol. The Hall–Kier alpha value is -2.24. The Labute approximate surface area is 103 Å². The van der Waals surface area contributed by atoms with Gasteiger partial charge in [-0.25, -0.2) is 9.48 Å². The van der Waals surface area contributed by atoms with Crippen LogP contribution in [0.1, 0.15) is 34.6 Å². The summed E-state index contributed by atoms with van der Waals surface area (Å²) in [6.45, 7) is 0. The summed E-state index contributed by atoms with van der Waals surface area (Å²) in [5.74, 6) is -0.470. The number of carboxylic acid groups (broad SMARTS) is 1. The first kappa shape index (κ1) is 10.9. The van der Waals surface area contributed by atoms with Crippen molar-refractivity contribution in [3.05, 3.63) is 35.3 Å². The molecule has 0 bridgehead atoms. The fourth-order valence-corrected chi connectivity index (χ4v) is 2.16. The lowest BCUT2D eigenvalue weighted by Gasteiger charge is -2.14. The number of carbonyl (C=O) groups is 1. The van der Waals surface area contributed by atoms with E-state index in [1.54, 1.807) is 6.20 Å². The van der Waals surface area contributed by atoms with Crippen LogP contribution in [0.2, 0.25) is 0 Å². The lowest BCUT2D eigenvalue weighted by Crippen LogP contribution is -2.10. The Kier molecular flexibility index (Phi) is 2.55. The highest BCUT2D eigenvalue weighted by Gasteiger charge is 2.14. The summed E-state index contributed by atoms with van der Waals surface area (Å²) in [4.78, 5) is 10.8. The Morgan fingerprint density at radius 2 is 2.11 bits per heavy atom. The molecule has 0 spiro atoms. The summed E-state index contributed by atoms with van der Waals surface area (Å²) in [6.07, 6.45) is 5.89. The van der Waals surface area contributed by atoms with Crippen molar-refractivity contribution < 1.29 is 9.90 Å². The summed E-state index contributed by atoms with van der Waals surface area (Å²) in [6, 6.07) is 3.39. The number of aromatic carboxylic acids is 1. The van der Waals surface area contributed by atoms with Crippen molar-refractivity contribution in [3.8, 4) is 5.82 Å². The number of aryl methyl sites for hydroxylation is 2. The van der Waals surface area contributed by atoms with Crippen LogP contribution < -0.4 is 0 Å². The standard InChI is InChI=1S/C12H12N4O2/c17-12(18)10-5-6-16(15-10)11-7-8-3-1-2-4-9(8)13-14-11/h5-7H,1-4H2,(H,17,18). The molecule has 0 amide bonds. The minimum absolute atomic E-state index is 0.00882. The van der Waals surface area contributed by atoms with E-state index >= 15 is 0 Å². The maximum absolute atomic E-state index is 10.8. The van der Waals surface area contributed by atoms with Gasteiger partial charge in [-0.1, -0.05) is 0 Å². The largest absolute Gasteiger partial charge is 0.476 e. The second-order valence-corrected chi connectivity index (χ2v) is 4.33. The van der Waals surface area contributed by atoms with Crippen LogP contribution in [0.25, 0.3) is 5.82 Å². The number of hydrogen-bond acceptors (Lipinski definition) is 4. The van der Waals surface area contributed by atoms with Gasteiger partial charge in [0.15, 0.2) is 11.5 Å². The SMILES string of the molecule is O=C(O)c1ccn(-c2cc3c(nn2)CCCC3)n1. The maximum Gasteiger partial charge on any atom is 0.356 e. The third-order valence-electron chi connectivity index (χ3n) is 3.10. The number of nitrogens with zero attached hydrogens (tertiary/aromatic N) is 4. The fraction of sp³-hybridized carbons (Fsp3) is 0.333. The minimum atomic E-state index is -1.04. The van der Waals surface area contributed by atoms with Gasteiger partial charge < -0.3 is 5.11 Å². The molecule has 3 rings (SSSR count). The molecule has 1 aliphatic rings. The second-order valence-electron chi connectivity index (χ2n) is 4.33. The van der Waals surface area contributed by atoms with Crippen molar-refractivity contribution in [2.45, 2.75) is 25.7 Å². The number of rotatable bonds is 2. The molecule has 0 aromatic carbocycles. The Morgan fingerprint density at radius 3 is 2.89 bits per heavy atom. The van der Waals surface area contributed by atoms with Gasteiger partial charge in [-0.05, 0) is 43.4 Å². The molecule has 0 saturated heterocycles. The molecule has 6 heteroatoms. The van der Waals surface area contributed by atoms with Crippen LogP contribution in [-0.2, 0) is 12.8 Å². The second kappa shape index (κ2) is 4.21. The molecule has 0 unspecified atom stereocenters. The highest BCUT2D eigenvalue weighted by Crippen LogP contribution is 2.20. The van der Waals surface area contributed by atoms with E-state index in [0.29, 0.717) is 5.82 Å². The van der Waals surface area contributed by atoms with Crippen LogP contribution in [0.4, 0.5) is 0 Å². The number of hydrogen-bond donors (Lipinski definition) is 1. The number of carboxylic acids is 1. The zero-order valence-corrected chi connectivity index (χ0v) is 9.70. The Balaban J connectivity index is 1.98. The van der Waals surface area contributed by atoms with Crippen molar-refractivity contribution in [1.82, 2.24) is 20.0 Å². The van der Waals surface area contributed by atoms with Gasteiger partial charge in [0, 0.05) is 6.20 Å². The highest BCUT2D eigenvalue weighted by molar-refractivity contribution is 5.85. The third-order valence-corrected chi connectivity index (χ3v) is 3.10. The first-order chi connectivity index (χ1) is 8.74. The average Bonchev–Trinajstić information content (AvgIpc) is 2.88. The van der Waals surface area contributed by atoms with Crippen molar-refractivity contribution >= 4 is 5.97 Å². The predicted molar refractivity (Wildman–Crippen MR) is 62.8 cm³/mol. The Morgan fingerprint density at radius 1 is 1.28 bits per heavy atom. The quantitative estimate of drug-likeness (QED) is 0.859. The molecule has 2 aromatic rings. The van der Waals surface area contributed by atoms with E-state index in [1.807, 2.05) is 6.07 Å². The zero-order chi connectivity index (χ0) is 12.5.